The largest absolute Gasteiger partial charge is 0.324 e. The van der Waals surface area contributed by atoms with Crippen molar-refractivity contribution in [1.82, 2.24) is 5.09 Å². The summed E-state index contributed by atoms with van der Waals surface area (Å²) in [6.07, 6.45) is 0. The molecule has 1 heterocycles. The van der Waals surface area contributed by atoms with Crippen LogP contribution in [0.4, 0.5) is 5.00 Å². The van der Waals surface area contributed by atoms with E-state index in [1.54, 1.807) is 0 Å². The normalized spacial score (nSPS) is 11.1. The van der Waals surface area contributed by atoms with E-state index in [-0.39, 0.29) is 10.6 Å². The first-order valence-electron chi connectivity index (χ1n) is 3.52. The molecule has 1 aromatic heterocycles. The molecule has 0 aliphatic carbocycles. The van der Waals surface area contributed by atoms with Crippen molar-refractivity contribution in [3.05, 3.63) is 27.1 Å². The molecule has 0 aliphatic rings. The number of hydrogen-bond acceptors (Lipinski definition) is 5. The Labute approximate surface area is 87.9 Å². The molecule has 10 heteroatoms. The Hall–Kier alpha value is -1.28. The fraction of sp³-hybridized carbons (Fsp3) is 0. The third-order valence-corrected chi connectivity index (χ3v) is 2.74. The van der Waals surface area contributed by atoms with Gasteiger partial charge < -0.3 is 0 Å². The van der Waals surface area contributed by atoms with Crippen LogP contribution in [0.1, 0.15) is 10.4 Å². The van der Waals surface area contributed by atoms with Crippen molar-refractivity contribution in [3.8, 4) is 0 Å². The molecule has 0 bridgehead atoms. The van der Waals surface area contributed by atoms with Gasteiger partial charge in [0.05, 0.1) is 10.5 Å². The number of thiophene rings is 1. The Morgan fingerprint density at radius 2 is 2.20 bits per heavy atom. The number of amides is 1. The van der Waals surface area contributed by atoms with Gasteiger partial charge in [-0.15, -0.1) is 0 Å². The van der Waals surface area contributed by atoms with Crippen molar-refractivity contribution in [2.45, 2.75) is 0 Å². The lowest BCUT2D eigenvalue weighted by molar-refractivity contribution is -0.380. The monoisotopic (exact) mass is 250 g/mol. The molecule has 1 amide bonds. The highest BCUT2D eigenvalue weighted by atomic mass is 32.1. The molecule has 0 spiro atoms. The van der Waals surface area contributed by atoms with Crippen molar-refractivity contribution >= 4 is 29.8 Å². The molecule has 82 valence electrons. The summed E-state index contributed by atoms with van der Waals surface area (Å²) in [7, 11) is -3.67. The van der Waals surface area contributed by atoms with Crippen LogP contribution in [0.2, 0.25) is 0 Å². The summed E-state index contributed by atoms with van der Waals surface area (Å²) in [5.74, 6) is -0.798. The van der Waals surface area contributed by atoms with Gasteiger partial charge in [0.1, 0.15) is 0 Å². The first-order chi connectivity index (χ1) is 6.79. The number of nitro groups is 1. The van der Waals surface area contributed by atoms with Gasteiger partial charge in [0.25, 0.3) is 5.91 Å². The van der Waals surface area contributed by atoms with E-state index < -0.39 is 18.4 Å². The minimum absolute atomic E-state index is 0.00262. The van der Waals surface area contributed by atoms with Crippen LogP contribution < -0.4 is 16.1 Å². The number of hydrogen-bond donors (Lipinski definition) is 3. The number of carbonyl (C=O) groups excluding carboxylic acids is 1. The molecule has 0 aliphatic heterocycles. The Balaban J connectivity index is 2.84. The maximum atomic E-state index is 11.2. The third-order valence-electron chi connectivity index (χ3n) is 1.30. The van der Waals surface area contributed by atoms with Crippen LogP contribution in [0.15, 0.2) is 11.4 Å². The molecule has 0 saturated heterocycles. The molecule has 0 saturated carbocycles. The molecule has 8 nitrogen and oxygen atoms in total. The molecule has 1 rings (SSSR count). The molecule has 0 unspecified atom stereocenters. The Bertz CT molecular complexity index is 452. The SMILES string of the molecule is NP(N)(=O)NC(=O)c1csc([N+](=O)[O-])c1. The standard InChI is InChI=1S/C5H7N4O4PS/c6-14(7,13)8-5(10)3-1-4(9(11)12)15-2-3/h1-2H,(H5,6,7,8,10,13). The number of nitrogens with two attached hydrogens (primary N) is 2. The van der Waals surface area contributed by atoms with Crippen LogP contribution in [-0.4, -0.2) is 10.8 Å². The van der Waals surface area contributed by atoms with Gasteiger partial charge in [-0.1, -0.05) is 11.3 Å². The molecular formula is C5H7N4O4PS. The van der Waals surface area contributed by atoms with Gasteiger partial charge in [-0.3, -0.25) is 35.6 Å². The van der Waals surface area contributed by atoms with E-state index in [1.807, 2.05) is 5.09 Å². The van der Waals surface area contributed by atoms with E-state index in [9.17, 15) is 19.5 Å². The van der Waals surface area contributed by atoms with E-state index in [0.717, 1.165) is 17.4 Å². The second-order valence-corrected chi connectivity index (χ2v) is 5.11. The van der Waals surface area contributed by atoms with Crippen molar-refractivity contribution in [2.75, 3.05) is 0 Å². The molecule has 0 fully saturated rings. The first kappa shape index (κ1) is 11.8. The summed E-state index contributed by atoms with van der Waals surface area (Å²) in [6.45, 7) is 0. The van der Waals surface area contributed by atoms with Gasteiger partial charge in [-0.2, -0.15) is 0 Å². The van der Waals surface area contributed by atoms with Crippen molar-refractivity contribution in [3.63, 3.8) is 0 Å². The minimum Gasteiger partial charge on any atom is -0.279 e. The first-order valence-corrected chi connectivity index (χ1v) is 6.25. The van der Waals surface area contributed by atoms with Crippen LogP contribution in [0, 0.1) is 10.1 Å². The van der Waals surface area contributed by atoms with Crippen molar-refractivity contribution in [1.29, 1.82) is 0 Å². The van der Waals surface area contributed by atoms with E-state index >= 15 is 0 Å². The van der Waals surface area contributed by atoms with Gasteiger partial charge in [-0.05, 0) is 0 Å². The maximum Gasteiger partial charge on any atom is 0.324 e. The smallest absolute Gasteiger partial charge is 0.279 e. The number of nitrogens with zero attached hydrogens (tertiary/aromatic N) is 1. The topological polar surface area (TPSA) is 141 Å². The predicted octanol–water partition coefficient (Wildman–Crippen LogP) is 0.412. The zero-order chi connectivity index (χ0) is 11.6. The third kappa shape index (κ3) is 3.40. The summed E-state index contributed by atoms with van der Waals surface area (Å²) < 4.78 is 10.8. The highest BCUT2D eigenvalue weighted by Gasteiger charge is 2.19. The fourth-order valence-corrected chi connectivity index (χ4v) is 1.91. The van der Waals surface area contributed by atoms with Gasteiger partial charge in [-0.25, -0.2) is 0 Å². The summed E-state index contributed by atoms with van der Waals surface area (Å²) in [6, 6.07) is 1.05. The predicted molar refractivity (Wildman–Crippen MR) is 54.4 cm³/mol. The average Bonchev–Trinajstić information content (AvgIpc) is 2.47. The maximum absolute atomic E-state index is 11.2. The highest BCUT2D eigenvalue weighted by Crippen LogP contribution is 2.25. The van der Waals surface area contributed by atoms with Gasteiger partial charge >= 0.3 is 12.6 Å². The number of rotatable bonds is 3. The Morgan fingerprint density at radius 1 is 1.60 bits per heavy atom. The minimum atomic E-state index is -3.67. The van der Waals surface area contributed by atoms with Crippen LogP contribution >= 0.6 is 18.9 Å². The van der Waals surface area contributed by atoms with Crippen LogP contribution in [0.3, 0.4) is 0 Å². The van der Waals surface area contributed by atoms with Crippen molar-refractivity contribution < 1.29 is 14.3 Å². The lowest BCUT2D eigenvalue weighted by Crippen LogP contribution is -2.28. The van der Waals surface area contributed by atoms with Crippen LogP contribution in [0.5, 0.6) is 0 Å². The highest BCUT2D eigenvalue weighted by molar-refractivity contribution is 7.57. The van der Waals surface area contributed by atoms with Gasteiger partial charge in [0, 0.05) is 11.4 Å². The van der Waals surface area contributed by atoms with E-state index in [1.165, 1.54) is 5.38 Å². The second-order valence-electron chi connectivity index (χ2n) is 2.58. The lowest BCUT2D eigenvalue weighted by Gasteiger charge is -2.06. The van der Waals surface area contributed by atoms with E-state index in [2.05, 4.69) is 0 Å². The lowest BCUT2D eigenvalue weighted by atomic mass is 10.3. The zero-order valence-electron chi connectivity index (χ0n) is 7.25. The van der Waals surface area contributed by atoms with Crippen molar-refractivity contribution in [2.24, 2.45) is 11.0 Å². The summed E-state index contributed by atoms with van der Waals surface area (Å²) in [5, 5.41) is 13.2. The fourth-order valence-electron chi connectivity index (χ4n) is 0.763. The zero-order valence-corrected chi connectivity index (χ0v) is 8.96. The second kappa shape index (κ2) is 4.07. The van der Waals surface area contributed by atoms with E-state index in [4.69, 9.17) is 11.0 Å². The molecule has 5 N–H and O–H groups in total. The molecule has 0 radical (unpaired) electrons. The quantitative estimate of drug-likeness (QED) is 0.403. The van der Waals surface area contributed by atoms with Gasteiger partial charge in [0.15, 0.2) is 0 Å². The number of nitrogens with one attached hydrogen (secondary N) is 1. The molecule has 15 heavy (non-hydrogen) atoms. The van der Waals surface area contributed by atoms with Crippen LogP contribution in [0.25, 0.3) is 0 Å². The summed E-state index contributed by atoms with van der Waals surface area (Å²) in [5.41, 5.74) is 9.83. The molecular weight excluding hydrogens is 243 g/mol. The van der Waals surface area contributed by atoms with Crippen LogP contribution in [-0.2, 0) is 4.57 Å². The Kier molecular flexibility index (Phi) is 3.20. The van der Waals surface area contributed by atoms with E-state index in [0.29, 0.717) is 0 Å². The Morgan fingerprint density at radius 3 is 2.60 bits per heavy atom. The molecule has 0 aromatic carbocycles. The molecule has 1 aromatic rings. The summed E-state index contributed by atoms with van der Waals surface area (Å²) >= 11 is 0.781. The molecule has 0 atom stereocenters. The van der Waals surface area contributed by atoms with Gasteiger partial charge in [0.2, 0.25) is 0 Å². The number of carbonyl (C=O) groups is 1. The average molecular weight is 250 g/mol. The summed E-state index contributed by atoms with van der Waals surface area (Å²) in [4.78, 5) is 20.9.